The van der Waals surface area contributed by atoms with Gasteiger partial charge in [0.05, 0.1) is 5.75 Å². The van der Waals surface area contributed by atoms with Crippen LogP contribution in [0, 0.1) is 18.7 Å². The van der Waals surface area contributed by atoms with Gasteiger partial charge in [0.1, 0.15) is 11.9 Å². The van der Waals surface area contributed by atoms with Gasteiger partial charge < -0.3 is 10.2 Å². The van der Waals surface area contributed by atoms with Crippen molar-refractivity contribution >= 4 is 23.6 Å². The highest BCUT2D eigenvalue weighted by atomic mass is 32.2. The van der Waals surface area contributed by atoms with Crippen LogP contribution in [-0.4, -0.2) is 35.1 Å². The third-order valence-electron chi connectivity index (χ3n) is 4.89. The number of benzene rings is 2. The fraction of sp³-hybridized carbons (Fsp3) is 0.417. The summed E-state index contributed by atoms with van der Waals surface area (Å²) in [5.74, 6) is 0.359. The number of rotatable bonds is 10. The first kappa shape index (κ1) is 23.9. The molecule has 6 heteroatoms. The molecule has 30 heavy (non-hydrogen) atoms. The fourth-order valence-corrected chi connectivity index (χ4v) is 3.85. The minimum atomic E-state index is -0.593. The minimum Gasteiger partial charge on any atom is -0.354 e. The lowest BCUT2D eigenvalue weighted by atomic mass is 10.1. The van der Waals surface area contributed by atoms with E-state index in [9.17, 15) is 14.0 Å². The molecule has 2 aromatic carbocycles. The number of nitrogens with zero attached hydrogens (tertiary/aromatic N) is 1. The first-order chi connectivity index (χ1) is 14.3. The number of carbonyl (C=O) groups excluding carboxylic acids is 2. The lowest BCUT2D eigenvalue weighted by molar-refractivity contribution is -0.138. The molecule has 0 saturated heterocycles. The van der Waals surface area contributed by atoms with Gasteiger partial charge in [0, 0.05) is 18.8 Å². The van der Waals surface area contributed by atoms with Crippen molar-refractivity contribution in [3.05, 3.63) is 71.0 Å². The molecule has 2 rings (SSSR count). The largest absolute Gasteiger partial charge is 0.354 e. The molecule has 4 nitrogen and oxygen atoms in total. The van der Waals surface area contributed by atoms with Gasteiger partial charge >= 0.3 is 0 Å². The first-order valence-electron chi connectivity index (χ1n) is 10.2. The predicted molar refractivity (Wildman–Crippen MR) is 122 cm³/mol. The van der Waals surface area contributed by atoms with Gasteiger partial charge in [-0.05, 0) is 42.5 Å². The van der Waals surface area contributed by atoms with Crippen LogP contribution in [-0.2, 0) is 21.9 Å². The summed E-state index contributed by atoms with van der Waals surface area (Å²) >= 11 is 1.36. The Morgan fingerprint density at radius 1 is 1.03 bits per heavy atom. The monoisotopic (exact) mass is 430 g/mol. The molecule has 0 bridgehead atoms. The van der Waals surface area contributed by atoms with Crippen molar-refractivity contribution in [2.75, 3.05) is 12.3 Å². The third-order valence-corrected chi connectivity index (χ3v) is 5.86. The van der Waals surface area contributed by atoms with Crippen molar-refractivity contribution < 1.29 is 14.0 Å². The first-order valence-corrected chi connectivity index (χ1v) is 11.4. The zero-order valence-corrected chi connectivity index (χ0v) is 19.0. The number of amides is 2. The zero-order chi connectivity index (χ0) is 22.1. The smallest absolute Gasteiger partial charge is 0.242 e. The summed E-state index contributed by atoms with van der Waals surface area (Å²) in [5.41, 5.74) is 2.65. The van der Waals surface area contributed by atoms with E-state index in [0.29, 0.717) is 30.3 Å². The molecule has 0 radical (unpaired) electrons. The Morgan fingerprint density at radius 3 is 2.30 bits per heavy atom. The minimum absolute atomic E-state index is 0.133. The molecule has 0 unspecified atom stereocenters. The molecule has 0 saturated carbocycles. The van der Waals surface area contributed by atoms with Crippen molar-refractivity contribution in [3.63, 3.8) is 0 Å². The van der Waals surface area contributed by atoms with Gasteiger partial charge in [0.15, 0.2) is 0 Å². The van der Waals surface area contributed by atoms with Crippen molar-refractivity contribution in [1.82, 2.24) is 10.2 Å². The summed E-state index contributed by atoms with van der Waals surface area (Å²) in [5, 5.41) is 2.92. The molecule has 162 valence electrons. The number of hydrogen-bond acceptors (Lipinski definition) is 3. The van der Waals surface area contributed by atoms with Crippen LogP contribution < -0.4 is 5.32 Å². The summed E-state index contributed by atoms with van der Waals surface area (Å²) in [4.78, 5) is 27.3. The molecule has 0 fully saturated rings. The molecule has 0 aromatic heterocycles. The molecule has 2 amide bonds. The van der Waals surface area contributed by atoms with Gasteiger partial charge in [-0.2, -0.15) is 0 Å². The Kier molecular flexibility index (Phi) is 9.37. The Balaban J connectivity index is 2.08. The van der Waals surface area contributed by atoms with Crippen molar-refractivity contribution in [2.45, 2.75) is 46.0 Å². The summed E-state index contributed by atoms with van der Waals surface area (Å²) in [6.45, 7) is 8.74. The van der Waals surface area contributed by atoms with Crippen LogP contribution in [0.5, 0.6) is 0 Å². The number of halogens is 1. The topological polar surface area (TPSA) is 49.4 Å². The molecule has 1 N–H and O–H groups in total. The second kappa shape index (κ2) is 11.7. The summed E-state index contributed by atoms with van der Waals surface area (Å²) in [6.07, 6.45) is 0. The van der Waals surface area contributed by atoms with E-state index in [4.69, 9.17) is 0 Å². The van der Waals surface area contributed by atoms with Crippen molar-refractivity contribution in [1.29, 1.82) is 0 Å². The zero-order valence-electron chi connectivity index (χ0n) is 18.2. The maximum atomic E-state index is 13.8. The van der Waals surface area contributed by atoms with Crippen LogP contribution in [0.2, 0.25) is 0 Å². The van der Waals surface area contributed by atoms with Crippen LogP contribution in [0.1, 0.15) is 37.5 Å². The average Bonchev–Trinajstić information content (AvgIpc) is 2.72. The second-order valence-electron chi connectivity index (χ2n) is 7.85. The lowest BCUT2D eigenvalue weighted by Gasteiger charge is -2.29. The van der Waals surface area contributed by atoms with Gasteiger partial charge in [0.2, 0.25) is 11.8 Å². The highest BCUT2D eigenvalue weighted by molar-refractivity contribution is 7.99. The molecule has 0 aliphatic heterocycles. The highest BCUT2D eigenvalue weighted by Gasteiger charge is 2.26. The van der Waals surface area contributed by atoms with E-state index in [1.54, 1.807) is 30.0 Å². The van der Waals surface area contributed by atoms with E-state index in [2.05, 4.69) is 5.32 Å². The van der Waals surface area contributed by atoms with Crippen LogP contribution in [0.15, 0.2) is 48.5 Å². The Hall–Kier alpha value is -2.34. The van der Waals surface area contributed by atoms with E-state index in [1.165, 1.54) is 17.8 Å². The van der Waals surface area contributed by atoms with Gasteiger partial charge in [-0.15, -0.1) is 11.8 Å². The Labute approximate surface area is 183 Å². The van der Waals surface area contributed by atoms with Gasteiger partial charge in [-0.3, -0.25) is 9.59 Å². The van der Waals surface area contributed by atoms with E-state index in [0.717, 1.165) is 11.1 Å². The average molecular weight is 431 g/mol. The van der Waals surface area contributed by atoms with Crippen LogP contribution in [0.4, 0.5) is 4.39 Å². The Morgan fingerprint density at radius 2 is 1.67 bits per heavy atom. The third kappa shape index (κ3) is 7.17. The van der Waals surface area contributed by atoms with Crippen molar-refractivity contribution in [2.24, 2.45) is 5.92 Å². The standard InChI is InChI=1S/C24H31FN2O2S/c1-17(2)13-26-24(29)19(4)27(14-20-10-6-5-9-18(20)3)23(28)16-30-15-21-11-7-8-12-22(21)25/h5-12,17,19H,13-16H2,1-4H3,(H,26,29)/t19-/m0/s1. The van der Waals surface area contributed by atoms with E-state index < -0.39 is 6.04 Å². The normalized spacial score (nSPS) is 11.9. The molecule has 0 spiro atoms. The molecule has 0 aliphatic rings. The van der Waals surface area contributed by atoms with Crippen LogP contribution >= 0.6 is 11.8 Å². The molecule has 2 aromatic rings. The van der Waals surface area contributed by atoms with Crippen LogP contribution in [0.3, 0.4) is 0 Å². The number of aryl methyl sites for hydroxylation is 1. The second-order valence-corrected chi connectivity index (χ2v) is 8.83. The number of nitrogens with one attached hydrogen (secondary N) is 1. The van der Waals surface area contributed by atoms with Gasteiger partial charge in [-0.25, -0.2) is 4.39 Å². The summed E-state index contributed by atoms with van der Waals surface area (Å²) < 4.78 is 13.8. The quantitative estimate of drug-likeness (QED) is 0.601. The maximum absolute atomic E-state index is 13.8. The molecule has 0 heterocycles. The molecule has 0 aliphatic carbocycles. The summed E-state index contributed by atoms with van der Waals surface area (Å²) in [7, 11) is 0. The van der Waals surface area contributed by atoms with E-state index in [-0.39, 0.29) is 23.4 Å². The lowest BCUT2D eigenvalue weighted by Crippen LogP contribution is -2.48. The maximum Gasteiger partial charge on any atom is 0.242 e. The molecular formula is C24H31FN2O2S. The summed E-state index contributed by atoms with van der Waals surface area (Å²) in [6, 6.07) is 13.8. The van der Waals surface area contributed by atoms with Gasteiger partial charge in [-0.1, -0.05) is 56.3 Å². The van der Waals surface area contributed by atoms with Crippen LogP contribution in [0.25, 0.3) is 0 Å². The predicted octanol–water partition coefficient (Wildman–Crippen LogP) is 4.56. The van der Waals surface area contributed by atoms with E-state index >= 15 is 0 Å². The highest BCUT2D eigenvalue weighted by Crippen LogP contribution is 2.19. The Bertz CT molecular complexity index is 857. The SMILES string of the molecule is Cc1ccccc1CN(C(=O)CSCc1ccccc1F)[C@@H](C)C(=O)NCC(C)C. The fourth-order valence-electron chi connectivity index (χ4n) is 2.95. The molecule has 1 atom stereocenters. The number of carbonyl (C=O) groups is 2. The molecular weight excluding hydrogens is 399 g/mol. The van der Waals surface area contributed by atoms with Gasteiger partial charge in [0.25, 0.3) is 0 Å². The number of thioether (sulfide) groups is 1. The van der Waals surface area contributed by atoms with E-state index in [1.807, 2.05) is 45.0 Å². The van der Waals surface area contributed by atoms with Crippen molar-refractivity contribution in [3.8, 4) is 0 Å². The number of hydrogen-bond donors (Lipinski definition) is 1.